The number of aromatic nitrogens is 2. The smallest absolute Gasteiger partial charge is 0.222 e. The zero-order valence-corrected chi connectivity index (χ0v) is 20.7. The maximum atomic E-state index is 12.0. The lowest BCUT2D eigenvalue weighted by Gasteiger charge is -2.39. The topological polar surface area (TPSA) is 65.8 Å². The van der Waals surface area contributed by atoms with E-state index >= 15 is 0 Å². The Bertz CT molecular complexity index is 884. The molecular weight excluding hydrogens is 503 g/mol. The van der Waals surface area contributed by atoms with Crippen molar-refractivity contribution in [1.82, 2.24) is 24.7 Å². The van der Waals surface area contributed by atoms with Gasteiger partial charge in [0.1, 0.15) is 0 Å². The van der Waals surface area contributed by atoms with Crippen molar-refractivity contribution in [2.75, 3.05) is 26.7 Å². The van der Waals surface area contributed by atoms with Crippen molar-refractivity contribution in [3.05, 3.63) is 54.1 Å². The molecule has 0 spiro atoms. The van der Waals surface area contributed by atoms with Crippen LogP contribution in [0.25, 0.3) is 0 Å². The first kappa shape index (κ1) is 23.6. The molecular formula is C23H33IN6O. The van der Waals surface area contributed by atoms with Gasteiger partial charge in [-0.3, -0.25) is 9.79 Å². The summed E-state index contributed by atoms with van der Waals surface area (Å²) in [7, 11) is 1.85. The second kappa shape index (κ2) is 11.0. The lowest BCUT2D eigenvalue weighted by atomic mass is 9.93. The van der Waals surface area contributed by atoms with Crippen molar-refractivity contribution in [2.24, 2.45) is 10.9 Å². The Hall–Kier alpha value is -2.10. The highest BCUT2D eigenvalue weighted by atomic mass is 127. The number of hydrogen-bond donors (Lipinski definition) is 1. The number of likely N-dealkylation sites (tertiary alicyclic amines) is 2. The summed E-state index contributed by atoms with van der Waals surface area (Å²) >= 11 is 0. The number of halogens is 1. The van der Waals surface area contributed by atoms with Crippen LogP contribution >= 0.6 is 24.0 Å². The molecule has 2 aliphatic heterocycles. The molecule has 1 amide bonds. The number of hydrogen-bond acceptors (Lipinski definition) is 3. The Kier molecular flexibility index (Phi) is 8.34. The monoisotopic (exact) mass is 536 g/mol. The molecule has 3 heterocycles. The third-order valence-electron chi connectivity index (χ3n) is 6.43. The van der Waals surface area contributed by atoms with Crippen LogP contribution in [0, 0.1) is 5.92 Å². The van der Waals surface area contributed by atoms with Crippen molar-refractivity contribution in [3.63, 3.8) is 0 Å². The van der Waals surface area contributed by atoms with E-state index in [9.17, 15) is 4.79 Å². The van der Waals surface area contributed by atoms with Gasteiger partial charge in [-0.05, 0) is 29.9 Å². The number of nitrogens with zero attached hydrogens (tertiary/aromatic N) is 5. The van der Waals surface area contributed by atoms with E-state index in [1.54, 1.807) is 0 Å². The Morgan fingerprint density at radius 2 is 2.06 bits per heavy atom. The third kappa shape index (κ3) is 5.58. The molecule has 2 atom stereocenters. The number of carbonyl (C=O) groups is 1. The molecule has 8 heteroatoms. The lowest BCUT2D eigenvalue weighted by Crippen LogP contribution is -2.48. The number of rotatable bonds is 5. The Morgan fingerprint density at radius 1 is 1.26 bits per heavy atom. The van der Waals surface area contributed by atoms with Crippen molar-refractivity contribution < 1.29 is 4.79 Å². The minimum absolute atomic E-state index is 0. The van der Waals surface area contributed by atoms with E-state index in [0.717, 1.165) is 38.4 Å². The second-order valence-electron chi connectivity index (χ2n) is 8.38. The van der Waals surface area contributed by atoms with E-state index in [0.29, 0.717) is 31.5 Å². The fourth-order valence-corrected chi connectivity index (χ4v) is 4.56. The van der Waals surface area contributed by atoms with E-state index in [2.05, 4.69) is 62.1 Å². The quantitative estimate of drug-likeness (QED) is 0.362. The van der Waals surface area contributed by atoms with Crippen LogP contribution in [0.4, 0.5) is 0 Å². The van der Waals surface area contributed by atoms with Crippen LogP contribution in [0.5, 0.6) is 0 Å². The molecule has 1 aromatic heterocycles. The van der Waals surface area contributed by atoms with Gasteiger partial charge in [-0.15, -0.1) is 24.0 Å². The molecule has 31 heavy (non-hydrogen) atoms. The molecule has 2 unspecified atom stereocenters. The van der Waals surface area contributed by atoms with Gasteiger partial charge >= 0.3 is 0 Å². The molecule has 2 aliphatic rings. The number of guanidine groups is 1. The maximum absolute atomic E-state index is 12.0. The van der Waals surface area contributed by atoms with Crippen LogP contribution in [0.2, 0.25) is 0 Å². The molecule has 0 bridgehead atoms. The molecule has 0 saturated carbocycles. The molecule has 0 radical (unpaired) electrons. The predicted octanol–water partition coefficient (Wildman–Crippen LogP) is 3.28. The summed E-state index contributed by atoms with van der Waals surface area (Å²) in [5.74, 6) is 1.80. The first-order valence-electron chi connectivity index (χ1n) is 10.9. The number of aliphatic imine (C=N–C) groups is 1. The number of benzene rings is 1. The van der Waals surface area contributed by atoms with Gasteiger partial charge in [-0.2, -0.15) is 0 Å². The first-order valence-corrected chi connectivity index (χ1v) is 10.9. The highest BCUT2D eigenvalue weighted by Crippen LogP contribution is 2.27. The van der Waals surface area contributed by atoms with Gasteiger partial charge in [-0.1, -0.05) is 31.2 Å². The van der Waals surface area contributed by atoms with Gasteiger partial charge in [0, 0.05) is 58.6 Å². The van der Waals surface area contributed by atoms with Crippen LogP contribution in [-0.2, 0) is 17.9 Å². The summed E-state index contributed by atoms with van der Waals surface area (Å²) < 4.78 is 2.21. The number of carbonyl (C=O) groups excluding carboxylic acids is 1. The average Bonchev–Trinajstić information content (AvgIpc) is 3.43. The summed E-state index contributed by atoms with van der Waals surface area (Å²) in [6, 6.07) is 8.78. The van der Waals surface area contributed by atoms with Crippen LogP contribution < -0.4 is 5.32 Å². The number of amides is 1. The minimum atomic E-state index is 0. The Balaban J connectivity index is 0.00000272. The van der Waals surface area contributed by atoms with Gasteiger partial charge in [0.25, 0.3) is 0 Å². The molecule has 168 valence electrons. The fourth-order valence-electron chi connectivity index (χ4n) is 4.56. The first-order chi connectivity index (χ1) is 14.7. The molecule has 4 rings (SSSR count). The maximum Gasteiger partial charge on any atom is 0.222 e. The van der Waals surface area contributed by atoms with E-state index in [4.69, 9.17) is 0 Å². The molecule has 1 aromatic carbocycles. The van der Waals surface area contributed by atoms with Gasteiger partial charge in [0.05, 0.1) is 12.4 Å². The van der Waals surface area contributed by atoms with Crippen LogP contribution in [0.3, 0.4) is 0 Å². The standard InChI is InChI=1S/C23H32N6O.HI/c1-18-9-12-28(16-21(18)29-13-10-25-17-29)23(24-2)26-14-19-6-3-4-7-20(19)15-27-11-5-8-22(27)30;/h3-4,6-7,10,13,17-18,21H,5,8-9,11-12,14-16H2,1-2H3,(H,24,26);1H. The van der Waals surface area contributed by atoms with Crippen LogP contribution in [0.1, 0.15) is 43.4 Å². The van der Waals surface area contributed by atoms with Gasteiger partial charge in [0.2, 0.25) is 5.91 Å². The van der Waals surface area contributed by atoms with E-state index < -0.39 is 0 Å². The zero-order valence-electron chi connectivity index (χ0n) is 18.4. The minimum Gasteiger partial charge on any atom is -0.352 e. The summed E-state index contributed by atoms with van der Waals surface area (Å²) in [4.78, 5) is 25.1. The summed E-state index contributed by atoms with van der Waals surface area (Å²) in [5, 5.41) is 3.56. The molecule has 0 aliphatic carbocycles. The lowest BCUT2D eigenvalue weighted by molar-refractivity contribution is -0.128. The van der Waals surface area contributed by atoms with Crippen LogP contribution in [-0.4, -0.2) is 57.9 Å². The zero-order chi connectivity index (χ0) is 20.9. The molecule has 1 N–H and O–H groups in total. The van der Waals surface area contributed by atoms with Crippen molar-refractivity contribution in [3.8, 4) is 0 Å². The number of piperidine rings is 1. The summed E-state index contributed by atoms with van der Waals surface area (Å²) in [5.41, 5.74) is 2.43. The van der Waals surface area contributed by atoms with Crippen LogP contribution in [0.15, 0.2) is 48.0 Å². The summed E-state index contributed by atoms with van der Waals surface area (Å²) in [6.45, 7) is 6.49. The number of nitrogens with one attached hydrogen (secondary N) is 1. The fraction of sp³-hybridized carbons (Fsp3) is 0.522. The van der Waals surface area contributed by atoms with Crippen molar-refractivity contribution in [2.45, 2.75) is 45.3 Å². The SMILES string of the molecule is CN=C(NCc1ccccc1CN1CCCC1=O)N1CCC(C)C(n2ccnc2)C1.I. The highest BCUT2D eigenvalue weighted by Gasteiger charge is 2.29. The molecule has 2 aromatic rings. The molecule has 2 saturated heterocycles. The normalized spacial score (nSPS) is 21.9. The van der Waals surface area contributed by atoms with E-state index in [1.165, 1.54) is 11.1 Å². The van der Waals surface area contributed by atoms with Crippen molar-refractivity contribution >= 4 is 35.8 Å². The largest absolute Gasteiger partial charge is 0.352 e. The predicted molar refractivity (Wildman–Crippen MR) is 133 cm³/mol. The summed E-state index contributed by atoms with van der Waals surface area (Å²) in [6.07, 6.45) is 8.58. The van der Waals surface area contributed by atoms with Gasteiger partial charge in [-0.25, -0.2) is 4.98 Å². The number of imidazole rings is 1. The van der Waals surface area contributed by atoms with Gasteiger partial charge < -0.3 is 19.7 Å². The molecule has 7 nitrogen and oxygen atoms in total. The third-order valence-corrected chi connectivity index (χ3v) is 6.43. The van der Waals surface area contributed by atoms with E-state index in [-0.39, 0.29) is 29.9 Å². The average molecular weight is 536 g/mol. The second-order valence-corrected chi connectivity index (χ2v) is 8.38. The highest BCUT2D eigenvalue weighted by molar-refractivity contribution is 14.0. The van der Waals surface area contributed by atoms with E-state index in [1.807, 2.05) is 24.5 Å². The molecule has 2 fully saturated rings. The Morgan fingerprint density at radius 3 is 2.74 bits per heavy atom. The Labute approximate surface area is 201 Å². The van der Waals surface area contributed by atoms with Crippen molar-refractivity contribution in [1.29, 1.82) is 0 Å². The van der Waals surface area contributed by atoms with Gasteiger partial charge in [0.15, 0.2) is 5.96 Å².